The fraction of sp³-hybridized carbons (Fsp3) is 0.406. The fourth-order valence-corrected chi connectivity index (χ4v) is 6.71. The Bertz CT molecular complexity index is 1620. The van der Waals surface area contributed by atoms with Gasteiger partial charge in [-0.2, -0.15) is 5.10 Å². The first-order valence-corrected chi connectivity index (χ1v) is 15.6. The van der Waals surface area contributed by atoms with Gasteiger partial charge in [0.25, 0.3) is 11.5 Å². The van der Waals surface area contributed by atoms with Crippen LogP contribution in [0.1, 0.15) is 52.6 Å². The first-order chi connectivity index (χ1) is 21.1. The number of carbonyl (C=O) groups excluding carboxylic acids is 3. The van der Waals surface area contributed by atoms with Gasteiger partial charge in [-0.05, 0) is 77.1 Å². The number of aryl methyl sites for hydroxylation is 1. The van der Waals surface area contributed by atoms with Gasteiger partial charge in [0.15, 0.2) is 0 Å². The van der Waals surface area contributed by atoms with Gasteiger partial charge in [-0.1, -0.05) is 24.3 Å². The molecule has 3 fully saturated rings. The number of rotatable bonds is 7. The van der Waals surface area contributed by atoms with E-state index in [1.165, 1.54) is 10.2 Å². The number of imide groups is 1. The summed E-state index contributed by atoms with van der Waals surface area (Å²) in [5.41, 5.74) is 3.18. The number of piperidine rings is 2. The molecule has 0 bridgehead atoms. The van der Waals surface area contributed by atoms with E-state index in [2.05, 4.69) is 43.6 Å². The highest BCUT2D eigenvalue weighted by atomic mass is 79.9. The van der Waals surface area contributed by atoms with Crippen LogP contribution in [0.4, 0.5) is 5.69 Å². The molecule has 0 saturated carbocycles. The molecule has 2 N–H and O–H groups in total. The minimum atomic E-state index is -0.326. The number of nitrogens with one attached hydrogen (secondary N) is 2. The van der Waals surface area contributed by atoms with E-state index in [0.717, 1.165) is 25.1 Å². The second-order valence-corrected chi connectivity index (χ2v) is 12.7. The maximum Gasteiger partial charge on any atom is 0.282 e. The molecular weight excluding hydrogens is 628 g/mol. The van der Waals surface area contributed by atoms with E-state index in [1.807, 2.05) is 48.5 Å². The van der Waals surface area contributed by atoms with E-state index in [4.69, 9.17) is 4.74 Å². The normalized spacial score (nSPS) is 22.7. The lowest BCUT2D eigenvalue weighted by atomic mass is 9.87. The van der Waals surface area contributed by atoms with Crippen LogP contribution in [0.25, 0.3) is 0 Å². The van der Waals surface area contributed by atoms with Crippen LogP contribution in [0.5, 0.6) is 5.75 Å². The number of anilines is 1. The van der Waals surface area contributed by atoms with E-state index in [-0.39, 0.29) is 47.3 Å². The van der Waals surface area contributed by atoms with Crippen LogP contribution in [0, 0.1) is 0 Å². The van der Waals surface area contributed by atoms with Gasteiger partial charge < -0.3 is 19.9 Å². The summed E-state index contributed by atoms with van der Waals surface area (Å²) in [5.74, 6) is 0.131. The number of amides is 3. The number of carbonyl (C=O) groups is 3. The lowest BCUT2D eigenvalue weighted by molar-refractivity contribution is -0.134. The van der Waals surface area contributed by atoms with Crippen LogP contribution < -0.4 is 20.9 Å². The lowest BCUT2D eigenvalue weighted by Crippen LogP contribution is -2.56. The number of hydrogen-bond donors (Lipinski definition) is 2. The number of benzene rings is 2. The van der Waals surface area contributed by atoms with Gasteiger partial charge in [0.05, 0.1) is 30.9 Å². The van der Waals surface area contributed by atoms with Crippen molar-refractivity contribution in [2.24, 2.45) is 7.05 Å². The Morgan fingerprint density at radius 2 is 1.68 bits per heavy atom. The van der Waals surface area contributed by atoms with Gasteiger partial charge in [0, 0.05) is 38.2 Å². The smallest absolute Gasteiger partial charge is 0.282 e. The van der Waals surface area contributed by atoms with E-state index in [0.29, 0.717) is 47.4 Å². The Hall–Kier alpha value is -4.03. The third kappa shape index (κ3) is 6.41. The monoisotopic (exact) mass is 662 g/mol. The number of hydrogen-bond acceptors (Lipinski definition) is 8. The van der Waals surface area contributed by atoms with Gasteiger partial charge in [-0.15, -0.1) is 0 Å². The number of ether oxygens (including phenoxy) is 1. The van der Waals surface area contributed by atoms with Crippen LogP contribution in [0.2, 0.25) is 0 Å². The van der Waals surface area contributed by atoms with Crippen molar-refractivity contribution in [3.63, 3.8) is 0 Å². The predicted molar refractivity (Wildman–Crippen MR) is 168 cm³/mol. The molecule has 3 atom stereocenters. The summed E-state index contributed by atoms with van der Waals surface area (Å²) in [6.07, 6.45) is 3.31. The molecule has 4 heterocycles. The summed E-state index contributed by atoms with van der Waals surface area (Å²) in [6.45, 7) is 2.75. The Kier molecular flexibility index (Phi) is 8.55. The van der Waals surface area contributed by atoms with Crippen LogP contribution in [-0.4, -0.2) is 82.7 Å². The molecule has 11 nitrogen and oxygen atoms in total. The predicted octanol–water partition coefficient (Wildman–Crippen LogP) is 2.87. The summed E-state index contributed by atoms with van der Waals surface area (Å²) < 4.78 is 7.82. The van der Waals surface area contributed by atoms with Gasteiger partial charge in [-0.3, -0.25) is 24.5 Å². The first-order valence-electron chi connectivity index (χ1n) is 14.8. The second kappa shape index (κ2) is 12.5. The number of halogens is 1. The summed E-state index contributed by atoms with van der Waals surface area (Å²) >= 11 is 3.40. The van der Waals surface area contributed by atoms with Crippen molar-refractivity contribution < 1.29 is 19.1 Å². The third-order valence-corrected chi connectivity index (χ3v) is 9.43. The number of aromatic nitrogens is 2. The number of likely N-dealkylation sites (N-methyl/N-ethyl adjacent to an activating group) is 1. The zero-order valence-corrected chi connectivity index (χ0v) is 26.2. The average Bonchev–Trinajstić information content (AvgIpc) is 2.99. The highest BCUT2D eigenvalue weighted by Gasteiger charge is 2.34. The van der Waals surface area contributed by atoms with E-state index >= 15 is 0 Å². The van der Waals surface area contributed by atoms with Crippen LogP contribution in [-0.2, 0) is 16.6 Å². The minimum Gasteiger partial charge on any atom is -0.487 e. The SMILES string of the molecule is CN1C[C@@H](Nc2cnn(C)c(=O)c2Br)C[C@@H](c2ccc(C(=O)N3CC(Oc4ccc(C5CCC(=O)NC5=O)cc4)C3)cc2)C1. The highest BCUT2D eigenvalue weighted by Crippen LogP contribution is 2.31. The Labute approximate surface area is 263 Å². The van der Waals surface area contributed by atoms with Gasteiger partial charge >= 0.3 is 0 Å². The van der Waals surface area contributed by atoms with Crippen molar-refractivity contribution >= 4 is 39.3 Å². The van der Waals surface area contributed by atoms with Gasteiger partial charge in [0.1, 0.15) is 16.3 Å². The van der Waals surface area contributed by atoms with Crippen LogP contribution >= 0.6 is 15.9 Å². The molecule has 1 aromatic heterocycles. The molecule has 2 aromatic carbocycles. The molecule has 3 amide bonds. The standard InChI is InChI=1S/C32H35BrN6O5/c1-37-15-22(13-23(16-37)35-27-14-34-38(2)32(43)29(27)33)19-3-5-21(6-4-19)31(42)39-17-25(18-39)44-24-9-7-20(8-10-24)26-11-12-28(40)36-30(26)41/h3-10,14,22-23,25-26,35H,11-13,15-18H2,1-2H3,(H,36,40,41)/t22-,23+,26?/m1/s1. The molecule has 230 valence electrons. The van der Waals surface area contributed by atoms with E-state index < -0.39 is 0 Å². The molecule has 12 heteroatoms. The van der Waals surface area contributed by atoms with Crippen molar-refractivity contribution in [1.29, 1.82) is 0 Å². The lowest BCUT2D eigenvalue weighted by Gasteiger charge is -2.39. The maximum absolute atomic E-state index is 13.1. The topological polar surface area (TPSA) is 126 Å². The quantitative estimate of drug-likeness (QED) is 0.370. The van der Waals surface area contributed by atoms with Crippen molar-refractivity contribution in [2.45, 2.75) is 43.2 Å². The fourth-order valence-electron chi connectivity index (χ4n) is 6.24. The summed E-state index contributed by atoms with van der Waals surface area (Å²) in [5, 5.41) is 10.0. The Morgan fingerprint density at radius 1 is 0.977 bits per heavy atom. The maximum atomic E-state index is 13.1. The van der Waals surface area contributed by atoms with Crippen molar-refractivity contribution in [1.82, 2.24) is 24.9 Å². The van der Waals surface area contributed by atoms with Crippen molar-refractivity contribution in [3.8, 4) is 5.75 Å². The third-order valence-electron chi connectivity index (χ3n) is 8.66. The molecule has 3 aliphatic heterocycles. The Morgan fingerprint density at radius 3 is 2.39 bits per heavy atom. The molecule has 44 heavy (non-hydrogen) atoms. The molecular formula is C32H35BrN6O5. The first kappa shape index (κ1) is 30.0. The largest absolute Gasteiger partial charge is 0.487 e. The van der Waals surface area contributed by atoms with Crippen molar-refractivity contribution in [3.05, 3.63) is 86.2 Å². The average molecular weight is 664 g/mol. The number of likely N-dealkylation sites (tertiary alicyclic amines) is 2. The molecule has 0 spiro atoms. The van der Waals surface area contributed by atoms with E-state index in [1.54, 1.807) is 18.1 Å². The number of nitrogens with zero attached hydrogens (tertiary/aromatic N) is 4. The highest BCUT2D eigenvalue weighted by molar-refractivity contribution is 9.10. The second-order valence-electron chi connectivity index (χ2n) is 11.9. The van der Waals surface area contributed by atoms with Gasteiger partial charge in [0.2, 0.25) is 11.8 Å². The molecule has 0 aliphatic carbocycles. The molecule has 3 saturated heterocycles. The van der Waals surface area contributed by atoms with Crippen LogP contribution in [0.15, 0.2) is 64.0 Å². The Balaban J connectivity index is 1.01. The van der Waals surface area contributed by atoms with Crippen LogP contribution in [0.3, 0.4) is 0 Å². The molecule has 3 aromatic rings. The van der Waals surface area contributed by atoms with E-state index in [9.17, 15) is 19.2 Å². The minimum absolute atomic E-state index is 0.0204. The van der Waals surface area contributed by atoms with Gasteiger partial charge in [-0.25, -0.2) is 4.68 Å². The zero-order chi connectivity index (χ0) is 31.0. The molecule has 1 unspecified atom stereocenters. The summed E-state index contributed by atoms with van der Waals surface area (Å²) in [7, 11) is 3.71. The van der Waals surface area contributed by atoms with Crippen molar-refractivity contribution in [2.75, 3.05) is 38.5 Å². The molecule has 3 aliphatic rings. The summed E-state index contributed by atoms with van der Waals surface area (Å²) in [6, 6.07) is 15.4. The summed E-state index contributed by atoms with van der Waals surface area (Å²) in [4.78, 5) is 53.0. The molecule has 0 radical (unpaired) electrons. The zero-order valence-electron chi connectivity index (χ0n) is 24.7. The molecule has 6 rings (SSSR count).